The maximum atomic E-state index is 11.7. The van der Waals surface area contributed by atoms with Crippen LogP contribution in [-0.4, -0.2) is 38.1 Å². The summed E-state index contributed by atoms with van der Waals surface area (Å²) in [4.78, 5) is 23.5. The Kier molecular flexibility index (Phi) is 8.85. The molecule has 0 aliphatic rings. The maximum absolute atomic E-state index is 11.7. The van der Waals surface area contributed by atoms with Crippen molar-refractivity contribution in [3.05, 3.63) is 59.7 Å². The minimum atomic E-state index is -0.156. The minimum absolute atomic E-state index is 0.00382. The van der Waals surface area contributed by atoms with Gasteiger partial charge in [-0.15, -0.1) is 0 Å². The largest absolute Gasteiger partial charge is 0.484 e. The molecule has 0 radical (unpaired) electrons. The molecule has 0 aliphatic carbocycles. The number of unbranched alkanes of at least 4 members (excludes halogenated alkanes) is 1. The Morgan fingerprint density at radius 1 is 0.679 bits per heavy atom. The van der Waals surface area contributed by atoms with Crippen molar-refractivity contribution in [3.63, 3.8) is 0 Å². The molecule has 2 amide bonds. The first kappa shape index (κ1) is 21.3. The summed E-state index contributed by atoms with van der Waals surface area (Å²) in [5, 5.41) is 5.60. The van der Waals surface area contributed by atoms with Crippen molar-refractivity contribution in [3.8, 4) is 11.5 Å². The highest BCUT2D eigenvalue weighted by atomic mass is 16.5. The second-order valence-corrected chi connectivity index (χ2v) is 6.61. The predicted molar refractivity (Wildman–Crippen MR) is 109 cm³/mol. The average molecular weight is 384 g/mol. The summed E-state index contributed by atoms with van der Waals surface area (Å²) < 4.78 is 10.8. The molecule has 6 nitrogen and oxygen atoms in total. The van der Waals surface area contributed by atoms with E-state index >= 15 is 0 Å². The van der Waals surface area contributed by atoms with Gasteiger partial charge in [-0.05, 0) is 51.0 Å². The molecule has 0 saturated heterocycles. The van der Waals surface area contributed by atoms with Gasteiger partial charge in [0.25, 0.3) is 11.8 Å². The highest BCUT2D eigenvalue weighted by Crippen LogP contribution is 2.11. The van der Waals surface area contributed by atoms with E-state index in [1.54, 1.807) is 0 Å². The topological polar surface area (TPSA) is 76.7 Å². The number of nitrogens with one attached hydrogen (secondary N) is 2. The Hall–Kier alpha value is -3.02. The van der Waals surface area contributed by atoms with Gasteiger partial charge in [-0.25, -0.2) is 0 Å². The molecule has 2 N–H and O–H groups in total. The van der Waals surface area contributed by atoms with E-state index in [4.69, 9.17) is 9.47 Å². The zero-order valence-electron chi connectivity index (χ0n) is 16.5. The van der Waals surface area contributed by atoms with Gasteiger partial charge in [0, 0.05) is 13.1 Å². The number of amides is 2. The first-order valence-corrected chi connectivity index (χ1v) is 9.45. The SMILES string of the molecule is Cc1ccc(OCC(=O)NCCCCNC(=O)COc2ccc(C)cc2)cc1. The lowest BCUT2D eigenvalue weighted by Crippen LogP contribution is -2.32. The Balaban J connectivity index is 1.47. The highest BCUT2D eigenvalue weighted by molar-refractivity contribution is 5.77. The van der Waals surface area contributed by atoms with Crippen LogP contribution in [0.1, 0.15) is 24.0 Å². The lowest BCUT2D eigenvalue weighted by Gasteiger charge is -2.09. The summed E-state index contributed by atoms with van der Waals surface area (Å²) >= 11 is 0. The molecular formula is C22H28N2O4. The molecule has 0 aromatic heterocycles. The second kappa shape index (κ2) is 11.6. The maximum Gasteiger partial charge on any atom is 0.257 e. The first-order valence-electron chi connectivity index (χ1n) is 9.45. The van der Waals surface area contributed by atoms with E-state index in [-0.39, 0.29) is 25.0 Å². The molecular weight excluding hydrogens is 356 g/mol. The van der Waals surface area contributed by atoms with Crippen LogP contribution >= 0.6 is 0 Å². The van der Waals surface area contributed by atoms with Crippen LogP contribution in [0.15, 0.2) is 48.5 Å². The van der Waals surface area contributed by atoms with Crippen molar-refractivity contribution >= 4 is 11.8 Å². The molecule has 150 valence electrons. The third-order valence-electron chi connectivity index (χ3n) is 4.03. The number of hydrogen-bond donors (Lipinski definition) is 2. The van der Waals surface area contributed by atoms with Gasteiger partial charge in [0.2, 0.25) is 0 Å². The van der Waals surface area contributed by atoms with Gasteiger partial charge in [-0.1, -0.05) is 35.4 Å². The molecule has 0 aliphatic heterocycles. The van der Waals surface area contributed by atoms with Gasteiger partial charge in [-0.2, -0.15) is 0 Å². The first-order chi connectivity index (χ1) is 13.5. The van der Waals surface area contributed by atoms with Crippen LogP contribution in [0.3, 0.4) is 0 Å². The third-order valence-corrected chi connectivity index (χ3v) is 4.03. The molecule has 0 fully saturated rings. The molecule has 0 atom stereocenters. The number of carbonyl (C=O) groups is 2. The van der Waals surface area contributed by atoms with Gasteiger partial charge < -0.3 is 20.1 Å². The Labute approximate surface area is 166 Å². The van der Waals surface area contributed by atoms with Gasteiger partial charge in [0.1, 0.15) is 11.5 Å². The van der Waals surface area contributed by atoms with Gasteiger partial charge >= 0.3 is 0 Å². The summed E-state index contributed by atoms with van der Waals surface area (Å²) in [7, 11) is 0. The number of carbonyl (C=O) groups excluding carboxylic acids is 2. The average Bonchev–Trinajstić information content (AvgIpc) is 2.69. The quantitative estimate of drug-likeness (QED) is 0.584. The Bertz CT molecular complexity index is 677. The molecule has 0 spiro atoms. The van der Waals surface area contributed by atoms with E-state index in [1.807, 2.05) is 62.4 Å². The van der Waals surface area contributed by atoms with Gasteiger partial charge in [-0.3, -0.25) is 9.59 Å². The van der Waals surface area contributed by atoms with Crippen LogP contribution in [-0.2, 0) is 9.59 Å². The summed E-state index contributed by atoms with van der Waals surface area (Å²) in [5.74, 6) is 1.04. The van der Waals surface area contributed by atoms with E-state index in [0.717, 1.165) is 24.0 Å². The van der Waals surface area contributed by atoms with Crippen molar-refractivity contribution in [2.24, 2.45) is 0 Å². The zero-order chi connectivity index (χ0) is 20.2. The molecule has 2 rings (SSSR count). The van der Waals surface area contributed by atoms with Crippen molar-refractivity contribution in [2.45, 2.75) is 26.7 Å². The number of rotatable bonds is 11. The van der Waals surface area contributed by atoms with E-state index in [9.17, 15) is 9.59 Å². The van der Waals surface area contributed by atoms with E-state index in [1.165, 1.54) is 0 Å². The van der Waals surface area contributed by atoms with Crippen LogP contribution in [0.25, 0.3) is 0 Å². The van der Waals surface area contributed by atoms with Crippen molar-refractivity contribution < 1.29 is 19.1 Å². The third kappa shape index (κ3) is 8.58. The molecule has 2 aromatic carbocycles. The fraction of sp³-hybridized carbons (Fsp3) is 0.364. The van der Waals surface area contributed by atoms with Crippen molar-refractivity contribution in [1.82, 2.24) is 10.6 Å². The number of hydrogen-bond acceptors (Lipinski definition) is 4. The molecule has 0 bridgehead atoms. The molecule has 28 heavy (non-hydrogen) atoms. The van der Waals surface area contributed by atoms with Crippen LogP contribution in [0.5, 0.6) is 11.5 Å². The van der Waals surface area contributed by atoms with E-state index in [0.29, 0.717) is 24.6 Å². The second-order valence-electron chi connectivity index (χ2n) is 6.61. The molecule has 0 saturated carbocycles. The lowest BCUT2D eigenvalue weighted by atomic mass is 10.2. The predicted octanol–water partition coefficient (Wildman–Crippen LogP) is 2.77. The summed E-state index contributed by atoms with van der Waals surface area (Å²) in [5.41, 5.74) is 2.29. The van der Waals surface area contributed by atoms with E-state index in [2.05, 4.69) is 10.6 Å². The van der Waals surface area contributed by atoms with Crippen molar-refractivity contribution in [2.75, 3.05) is 26.3 Å². The van der Waals surface area contributed by atoms with Gasteiger partial charge in [0.15, 0.2) is 13.2 Å². The molecule has 2 aromatic rings. The molecule has 6 heteroatoms. The Morgan fingerprint density at radius 3 is 1.39 bits per heavy atom. The normalized spacial score (nSPS) is 10.2. The summed E-state index contributed by atoms with van der Waals surface area (Å²) in [6.45, 7) is 5.08. The number of ether oxygens (including phenoxy) is 2. The zero-order valence-corrected chi connectivity index (χ0v) is 16.5. The number of benzene rings is 2. The Morgan fingerprint density at radius 2 is 1.04 bits per heavy atom. The minimum Gasteiger partial charge on any atom is -0.484 e. The van der Waals surface area contributed by atoms with Gasteiger partial charge in [0.05, 0.1) is 0 Å². The monoisotopic (exact) mass is 384 g/mol. The molecule has 0 unspecified atom stereocenters. The van der Waals surface area contributed by atoms with Crippen molar-refractivity contribution in [1.29, 1.82) is 0 Å². The van der Waals surface area contributed by atoms with Crippen LogP contribution in [0.2, 0.25) is 0 Å². The smallest absolute Gasteiger partial charge is 0.257 e. The fourth-order valence-electron chi connectivity index (χ4n) is 2.37. The fourth-order valence-corrected chi connectivity index (χ4v) is 2.37. The summed E-state index contributed by atoms with van der Waals surface area (Å²) in [6, 6.07) is 15.1. The van der Waals surface area contributed by atoms with Crippen LogP contribution < -0.4 is 20.1 Å². The summed E-state index contributed by atoms with van der Waals surface area (Å²) in [6.07, 6.45) is 1.55. The van der Waals surface area contributed by atoms with E-state index < -0.39 is 0 Å². The standard InChI is InChI=1S/C22H28N2O4/c1-17-5-9-19(10-6-17)27-15-21(25)23-13-3-4-14-24-22(26)16-28-20-11-7-18(2)8-12-20/h5-12H,3-4,13-16H2,1-2H3,(H,23,25)(H,24,26). The van der Waals surface area contributed by atoms with Crippen LogP contribution in [0, 0.1) is 13.8 Å². The lowest BCUT2D eigenvalue weighted by molar-refractivity contribution is -0.124. The molecule has 0 heterocycles. The highest BCUT2D eigenvalue weighted by Gasteiger charge is 2.04. The number of aryl methyl sites for hydroxylation is 2. The van der Waals surface area contributed by atoms with Crippen LogP contribution in [0.4, 0.5) is 0 Å².